The first-order chi connectivity index (χ1) is 35.6. The van der Waals surface area contributed by atoms with E-state index >= 15 is 0 Å². The molecule has 2 aliphatic rings. The van der Waals surface area contributed by atoms with Crippen molar-refractivity contribution in [2.75, 3.05) is 0 Å². The minimum Gasteiger partial charge on any atom is -0.0836 e. The minimum atomic E-state index is 0.754. The lowest BCUT2D eigenvalue weighted by Crippen LogP contribution is -1.93. The van der Waals surface area contributed by atoms with Crippen molar-refractivity contribution in [1.29, 1.82) is 0 Å². The summed E-state index contributed by atoms with van der Waals surface area (Å²) in [5, 5.41) is 16.8. The molecule has 332 valence electrons. The predicted octanol–water partition coefficient (Wildman–Crippen LogP) is 21.0. The van der Waals surface area contributed by atoms with Gasteiger partial charge in [0.1, 0.15) is 0 Å². The lowest BCUT2D eigenvalue weighted by atomic mass is 9.81. The van der Waals surface area contributed by atoms with Crippen LogP contribution in [0.1, 0.15) is 0 Å². The van der Waals surface area contributed by atoms with Gasteiger partial charge >= 0.3 is 0 Å². The van der Waals surface area contributed by atoms with Gasteiger partial charge in [0.25, 0.3) is 0 Å². The molecule has 14 aromatic rings. The van der Waals surface area contributed by atoms with E-state index in [4.69, 9.17) is 23.2 Å². The van der Waals surface area contributed by atoms with Gasteiger partial charge in [0.05, 0.1) is 0 Å². The van der Waals surface area contributed by atoms with Gasteiger partial charge in [0.15, 0.2) is 0 Å². The van der Waals surface area contributed by atoms with E-state index in [9.17, 15) is 0 Å². The van der Waals surface area contributed by atoms with Gasteiger partial charge < -0.3 is 0 Å². The predicted molar refractivity (Wildman–Crippen MR) is 309 cm³/mol. The summed E-state index contributed by atoms with van der Waals surface area (Å²) in [6.45, 7) is 0. The van der Waals surface area contributed by atoms with Gasteiger partial charge in [-0.05, 0) is 155 Å². The summed E-state index contributed by atoms with van der Waals surface area (Å²) >= 11 is 14.9. The Morgan fingerprint density at radius 2 is 0.556 bits per heavy atom. The molecule has 0 fully saturated rings. The number of hydrogen-bond acceptors (Lipinski definition) is 0. The third-order valence-electron chi connectivity index (χ3n) is 16.0. The van der Waals surface area contributed by atoms with Gasteiger partial charge in [-0.25, -0.2) is 0 Å². The second-order valence-electron chi connectivity index (χ2n) is 19.5. The summed E-state index contributed by atoms with van der Waals surface area (Å²) in [5.74, 6) is 0. The van der Waals surface area contributed by atoms with Gasteiger partial charge in [-0.1, -0.05) is 242 Å². The van der Waals surface area contributed by atoms with Crippen molar-refractivity contribution in [1.82, 2.24) is 0 Å². The molecule has 0 bridgehead atoms. The molecule has 0 saturated heterocycles. The van der Waals surface area contributed by atoms with Gasteiger partial charge in [-0.3, -0.25) is 0 Å². The van der Waals surface area contributed by atoms with Gasteiger partial charge in [-0.2, -0.15) is 0 Å². The summed E-state index contributed by atoms with van der Waals surface area (Å²) in [6, 6.07) is 84.5. The molecule has 16 rings (SSSR count). The minimum absolute atomic E-state index is 0.754. The van der Waals surface area contributed by atoms with E-state index in [1.165, 1.54) is 120 Å². The van der Waals surface area contributed by atoms with Crippen LogP contribution in [0.2, 0.25) is 10.0 Å². The van der Waals surface area contributed by atoms with Crippen LogP contribution in [0.25, 0.3) is 165 Å². The molecule has 14 aromatic carbocycles. The fourth-order valence-electron chi connectivity index (χ4n) is 13.3. The molecule has 2 aliphatic carbocycles. The molecule has 0 nitrogen and oxygen atoms in total. The molecule has 0 unspecified atom stereocenters. The van der Waals surface area contributed by atoms with E-state index in [0.717, 1.165) is 54.6 Å². The zero-order valence-corrected chi connectivity index (χ0v) is 40.2. The van der Waals surface area contributed by atoms with Crippen LogP contribution in [-0.2, 0) is 0 Å². The van der Waals surface area contributed by atoms with Crippen LogP contribution in [0.15, 0.2) is 231 Å². The highest BCUT2D eigenvalue weighted by molar-refractivity contribution is 6.45. The van der Waals surface area contributed by atoms with E-state index in [1.54, 1.807) is 0 Å². The Kier molecular flexibility index (Phi) is 8.38. The summed E-state index contributed by atoms with van der Waals surface area (Å²) in [7, 11) is 0. The van der Waals surface area contributed by atoms with Crippen molar-refractivity contribution in [3.63, 3.8) is 0 Å². The largest absolute Gasteiger partial charge is 0.0836 e. The van der Waals surface area contributed by atoms with E-state index < -0.39 is 0 Å². The average Bonchev–Trinajstić information content (AvgIpc) is 3.95. The van der Waals surface area contributed by atoms with Crippen molar-refractivity contribution >= 4 is 87.8 Å². The van der Waals surface area contributed by atoms with Crippen molar-refractivity contribution in [3.8, 4) is 100 Å². The molecule has 0 amide bonds. The number of benzene rings is 14. The SMILES string of the molecule is Clc1cc(-c2ccccc2)c2c(c1-c1ccccc1)-c1cccc3c(-c4c5ccccc5c5c6ccc7c8c(ccc(c9cccc4c95)c86)-c4c(-c5ccccc5)c(Cl)cc(-c5ccccc5)c4-7)ccc-2c13. The number of hydrogen-bond donors (Lipinski definition) is 0. The normalized spacial score (nSPS) is 12.3. The molecule has 0 N–H and O–H groups in total. The molecular weight excluding hydrogens is 912 g/mol. The van der Waals surface area contributed by atoms with Gasteiger partial charge in [0, 0.05) is 32.3 Å². The average molecular weight is 950 g/mol. The third-order valence-corrected chi connectivity index (χ3v) is 16.6. The molecule has 0 radical (unpaired) electrons. The molecule has 72 heavy (non-hydrogen) atoms. The highest BCUT2D eigenvalue weighted by Gasteiger charge is 2.34. The van der Waals surface area contributed by atoms with Crippen LogP contribution >= 0.6 is 23.2 Å². The Morgan fingerprint density at radius 1 is 0.181 bits per heavy atom. The van der Waals surface area contributed by atoms with Crippen LogP contribution in [0, 0.1) is 0 Å². The Morgan fingerprint density at radius 3 is 1.17 bits per heavy atom. The van der Waals surface area contributed by atoms with E-state index in [0.29, 0.717) is 0 Å². The molecule has 0 aliphatic heterocycles. The Hall–Kier alpha value is -8.52. The molecule has 0 saturated carbocycles. The first-order valence-electron chi connectivity index (χ1n) is 24.7. The van der Waals surface area contributed by atoms with Crippen LogP contribution in [0.5, 0.6) is 0 Å². The fraction of sp³-hybridized carbons (Fsp3) is 0. The monoisotopic (exact) mass is 948 g/mol. The first kappa shape index (κ1) is 40.2. The van der Waals surface area contributed by atoms with Crippen molar-refractivity contribution in [2.45, 2.75) is 0 Å². The first-order valence-corrected chi connectivity index (χ1v) is 25.5. The molecule has 0 atom stereocenters. The maximum Gasteiger partial charge on any atom is 0.0497 e. The van der Waals surface area contributed by atoms with E-state index in [1.807, 2.05) is 0 Å². The van der Waals surface area contributed by atoms with Crippen LogP contribution in [0.3, 0.4) is 0 Å². The van der Waals surface area contributed by atoms with Crippen molar-refractivity contribution in [3.05, 3.63) is 241 Å². The highest BCUT2D eigenvalue weighted by Crippen LogP contribution is 2.61. The molecule has 0 heterocycles. The summed E-state index contributed by atoms with van der Waals surface area (Å²) in [5.41, 5.74) is 21.3. The lowest BCUT2D eigenvalue weighted by molar-refractivity contribution is 1.59. The summed E-state index contributed by atoms with van der Waals surface area (Å²) in [4.78, 5) is 0. The topological polar surface area (TPSA) is 0 Å². The Bertz CT molecular complexity index is 4650. The third kappa shape index (κ3) is 5.33. The standard InChI is InChI=1S/C70H38Cl2/c71-57-37-55(39-17-5-1-6-18-39)67-51-33-31-47(44-27-15-30-50(62(44)51)69(67)59(57)41-21-9-3-10-22-41)61-43-25-13-14-26-45(43)64-52-35-36-53-66-54(34-32-48(65(52)66)46-28-16-29-49(61)63(46)64)70-60(42-23-11-4-12-24-42)58(72)38-56(68(53)70)40-19-7-2-8-20-40/h1-38H. The van der Waals surface area contributed by atoms with Crippen molar-refractivity contribution < 1.29 is 0 Å². The van der Waals surface area contributed by atoms with Crippen LogP contribution in [-0.4, -0.2) is 0 Å². The number of fused-ring (bicyclic) bond motifs is 10. The number of halogens is 2. The lowest BCUT2D eigenvalue weighted by Gasteiger charge is -2.21. The Labute approximate surface area is 425 Å². The maximum atomic E-state index is 7.47. The van der Waals surface area contributed by atoms with E-state index in [2.05, 4.69) is 231 Å². The zero-order valence-electron chi connectivity index (χ0n) is 38.7. The molecule has 0 spiro atoms. The fourth-order valence-corrected chi connectivity index (χ4v) is 13.9. The van der Waals surface area contributed by atoms with Crippen LogP contribution in [0.4, 0.5) is 0 Å². The zero-order chi connectivity index (χ0) is 47.3. The smallest absolute Gasteiger partial charge is 0.0497 e. The highest BCUT2D eigenvalue weighted by atomic mass is 35.5. The quantitative estimate of drug-likeness (QED) is 0.119. The van der Waals surface area contributed by atoms with Crippen LogP contribution < -0.4 is 0 Å². The Balaban J connectivity index is 0.996. The molecule has 0 aromatic heterocycles. The molecule has 2 heteroatoms. The summed E-state index contributed by atoms with van der Waals surface area (Å²) in [6.07, 6.45) is 0. The second-order valence-corrected chi connectivity index (χ2v) is 20.3. The molecular formula is C70H38Cl2. The second kappa shape index (κ2) is 15.0. The van der Waals surface area contributed by atoms with Gasteiger partial charge in [-0.15, -0.1) is 0 Å². The van der Waals surface area contributed by atoms with Gasteiger partial charge in [0.2, 0.25) is 0 Å². The van der Waals surface area contributed by atoms with Crippen molar-refractivity contribution in [2.24, 2.45) is 0 Å². The maximum absolute atomic E-state index is 7.47. The van der Waals surface area contributed by atoms with E-state index in [-0.39, 0.29) is 0 Å². The number of rotatable bonds is 5. The summed E-state index contributed by atoms with van der Waals surface area (Å²) < 4.78 is 0.